The highest BCUT2D eigenvalue weighted by Gasteiger charge is 2.19. The van der Waals surface area contributed by atoms with E-state index in [1.807, 2.05) is 84.9 Å². The van der Waals surface area contributed by atoms with E-state index in [1.54, 1.807) is 0 Å². The Balaban J connectivity index is 0.945. The maximum absolute atomic E-state index is 6.31. The quantitative estimate of drug-likeness (QED) is 0.154. The van der Waals surface area contributed by atoms with Crippen molar-refractivity contribution >= 4 is 22.1 Å². The van der Waals surface area contributed by atoms with Gasteiger partial charge in [0.15, 0.2) is 11.6 Å². The monoisotopic (exact) mass is 780 g/mol. The van der Waals surface area contributed by atoms with E-state index in [1.165, 1.54) is 0 Å². The van der Waals surface area contributed by atoms with Crippen LogP contribution < -0.4 is 0 Å². The van der Waals surface area contributed by atoms with Gasteiger partial charge in [0, 0.05) is 33.2 Å². The molecule has 0 amide bonds. The zero-order chi connectivity index (χ0) is 40.5. The number of furan rings is 1. The van der Waals surface area contributed by atoms with Gasteiger partial charge in [-0.3, -0.25) is 0 Å². The van der Waals surface area contributed by atoms with Gasteiger partial charge < -0.3 is 4.42 Å². The van der Waals surface area contributed by atoms with Crippen LogP contribution in [0.4, 0.5) is 0 Å². The highest BCUT2D eigenvalue weighted by Crippen LogP contribution is 2.38. The van der Waals surface area contributed by atoms with Crippen LogP contribution in [0.3, 0.4) is 0 Å². The molecule has 5 heteroatoms. The van der Waals surface area contributed by atoms with Crippen LogP contribution in [0.5, 0.6) is 0 Å². The lowest BCUT2D eigenvalue weighted by Crippen LogP contribution is -1.96. The standard InChI is InChI=1S/C56H36N4O/c1-4-16-37(17-5-1)49-36-50(58-54(57-49)38-18-6-2-7-19-38)46-28-14-26-44(34-46)42-24-12-22-40(32-42)41-23-13-25-43(33-41)45-27-15-29-47(35-45)53-52-48-30-10-11-31-51(48)61-56(52)60-55(59-53)39-20-8-3-9-21-39/h1-36H. The van der Waals surface area contributed by atoms with Crippen LogP contribution in [0, 0.1) is 0 Å². The molecule has 3 aromatic heterocycles. The summed E-state index contributed by atoms with van der Waals surface area (Å²) < 4.78 is 6.31. The Kier molecular flexibility index (Phi) is 9.10. The van der Waals surface area contributed by atoms with Crippen LogP contribution in [-0.4, -0.2) is 19.9 Å². The summed E-state index contributed by atoms with van der Waals surface area (Å²) in [4.78, 5) is 20.1. The molecule has 3 heterocycles. The van der Waals surface area contributed by atoms with Crippen molar-refractivity contribution < 1.29 is 4.42 Å². The van der Waals surface area contributed by atoms with Crippen molar-refractivity contribution in [2.45, 2.75) is 0 Å². The van der Waals surface area contributed by atoms with E-state index in [0.29, 0.717) is 17.4 Å². The Morgan fingerprint density at radius 3 is 1.23 bits per heavy atom. The molecule has 286 valence electrons. The van der Waals surface area contributed by atoms with Gasteiger partial charge in [0.1, 0.15) is 5.58 Å². The van der Waals surface area contributed by atoms with E-state index in [0.717, 1.165) is 94.6 Å². The van der Waals surface area contributed by atoms with Gasteiger partial charge in [0.25, 0.3) is 0 Å². The van der Waals surface area contributed by atoms with Crippen molar-refractivity contribution in [1.29, 1.82) is 0 Å². The molecule has 11 rings (SSSR count). The van der Waals surface area contributed by atoms with Crippen molar-refractivity contribution in [3.8, 4) is 89.9 Å². The van der Waals surface area contributed by atoms with Gasteiger partial charge in [0.2, 0.25) is 5.71 Å². The van der Waals surface area contributed by atoms with E-state index in [9.17, 15) is 0 Å². The molecule has 0 atom stereocenters. The molecule has 0 fully saturated rings. The molecule has 0 bridgehead atoms. The van der Waals surface area contributed by atoms with Crippen LogP contribution in [-0.2, 0) is 0 Å². The van der Waals surface area contributed by atoms with E-state index < -0.39 is 0 Å². The number of nitrogens with zero attached hydrogens (tertiary/aromatic N) is 4. The first-order valence-electron chi connectivity index (χ1n) is 20.4. The average molecular weight is 781 g/mol. The molecule has 11 aromatic rings. The number of hydrogen-bond donors (Lipinski definition) is 0. The van der Waals surface area contributed by atoms with Gasteiger partial charge in [-0.15, -0.1) is 0 Å². The van der Waals surface area contributed by atoms with Crippen molar-refractivity contribution in [2.24, 2.45) is 0 Å². The zero-order valence-electron chi connectivity index (χ0n) is 33.0. The van der Waals surface area contributed by atoms with Crippen LogP contribution in [0.15, 0.2) is 223 Å². The second kappa shape index (κ2) is 15.5. The molecule has 61 heavy (non-hydrogen) atoms. The minimum absolute atomic E-state index is 0.578. The first kappa shape index (κ1) is 35.8. The fourth-order valence-electron chi connectivity index (χ4n) is 8.08. The highest BCUT2D eigenvalue weighted by molar-refractivity contribution is 6.10. The molecule has 0 aliphatic rings. The van der Waals surface area contributed by atoms with Gasteiger partial charge in [-0.1, -0.05) is 182 Å². The summed E-state index contributed by atoms with van der Waals surface area (Å²) in [5.41, 5.74) is 15.7. The molecule has 0 saturated heterocycles. The normalized spacial score (nSPS) is 11.3. The number of fused-ring (bicyclic) bond motifs is 3. The maximum atomic E-state index is 6.31. The number of benzene rings is 8. The molecule has 0 aliphatic carbocycles. The lowest BCUT2D eigenvalue weighted by molar-refractivity contribution is 0.653. The van der Waals surface area contributed by atoms with Gasteiger partial charge in [-0.2, -0.15) is 4.98 Å². The Labute approximate surface area is 353 Å². The third kappa shape index (κ3) is 7.04. The largest absolute Gasteiger partial charge is 0.438 e. The van der Waals surface area contributed by atoms with E-state index in [-0.39, 0.29) is 0 Å². The summed E-state index contributed by atoms with van der Waals surface area (Å²) in [6.07, 6.45) is 0. The predicted molar refractivity (Wildman–Crippen MR) is 248 cm³/mol. The summed E-state index contributed by atoms with van der Waals surface area (Å²) in [7, 11) is 0. The number of aromatic nitrogens is 4. The van der Waals surface area contributed by atoms with E-state index in [4.69, 9.17) is 24.4 Å². The molecule has 5 nitrogen and oxygen atoms in total. The highest BCUT2D eigenvalue weighted by atomic mass is 16.3. The van der Waals surface area contributed by atoms with Crippen molar-refractivity contribution in [3.05, 3.63) is 218 Å². The van der Waals surface area contributed by atoms with Crippen molar-refractivity contribution in [3.63, 3.8) is 0 Å². The Morgan fingerprint density at radius 1 is 0.279 bits per heavy atom. The van der Waals surface area contributed by atoms with E-state index >= 15 is 0 Å². The smallest absolute Gasteiger partial charge is 0.231 e. The lowest BCUT2D eigenvalue weighted by Gasteiger charge is -2.12. The minimum atomic E-state index is 0.578. The van der Waals surface area contributed by atoms with Crippen LogP contribution >= 0.6 is 0 Å². The number of hydrogen-bond acceptors (Lipinski definition) is 5. The Hall–Kier alpha value is -8.28. The van der Waals surface area contributed by atoms with Crippen LogP contribution in [0.1, 0.15) is 0 Å². The summed E-state index contributed by atoms with van der Waals surface area (Å²) in [6.45, 7) is 0. The van der Waals surface area contributed by atoms with Crippen LogP contribution in [0.2, 0.25) is 0 Å². The third-order valence-electron chi connectivity index (χ3n) is 11.1. The molecule has 0 N–H and O–H groups in total. The Bertz CT molecular complexity index is 3300. The second-order valence-electron chi connectivity index (χ2n) is 15.1. The van der Waals surface area contributed by atoms with Crippen LogP contribution in [0.25, 0.3) is 112 Å². The van der Waals surface area contributed by atoms with Gasteiger partial charge in [-0.25, -0.2) is 15.0 Å². The lowest BCUT2D eigenvalue weighted by atomic mass is 9.94. The SMILES string of the molecule is c1ccc(-c2cc(-c3cccc(-c4cccc(-c5cccc(-c6cccc(-c7nc(-c8ccccc8)nc8oc9ccccc9c78)c6)c5)c4)c3)nc(-c3ccccc3)n2)cc1. The molecular weight excluding hydrogens is 745 g/mol. The van der Waals surface area contributed by atoms with Crippen molar-refractivity contribution in [1.82, 2.24) is 19.9 Å². The number of rotatable bonds is 8. The topological polar surface area (TPSA) is 64.7 Å². The third-order valence-corrected chi connectivity index (χ3v) is 11.1. The fraction of sp³-hybridized carbons (Fsp3) is 0. The second-order valence-corrected chi connectivity index (χ2v) is 15.1. The first-order valence-corrected chi connectivity index (χ1v) is 20.4. The minimum Gasteiger partial charge on any atom is -0.438 e. The summed E-state index contributed by atoms with van der Waals surface area (Å²) in [5.74, 6) is 1.33. The summed E-state index contributed by atoms with van der Waals surface area (Å²) in [5, 5.41) is 1.91. The molecule has 0 radical (unpaired) electrons. The Morgan fingerprint density at radius 2 is 0.672 bits per heavy atom. The molecule has 0 unspecified atom stereocenters. The number of para-hydroxylation sites is 1. The van der Waals surface area contributed by atoms with E-state index in [2.05, 4.69) is 133 Å². The molecule has 8 aromatic carbocycles. The molecular formula is C56H36N4O. The molecule has 0 spiro atoms. The first-order chi connectivity index (χ1) is 30.2. The van der Waals surface area contributed by atoms with Gasteiger partial charge in [-0.05, 0) is 69.8 Å². The summed E-state index contributed by atoms with van der Waals surface area (Å²) in [6, 6.07) is 75.4. The maximum Gasteiger partial charge on any atom is 0.231 e. The van der Waals surface area contributed by atoms with Gasteiger partial charge >= 0.3 is 0 Å². The predicted octanol–water partition coefficient (Wildman–Crippen LogP) is 14.5. The molecule has 0 aliphatic heterocycles. The fourth-order valence-corrected chi connectivity index (χ4v) is 8.08. The van der Waals surface area contributed by atoms with Crippen molar-refractivity contribution in [2.75, 3.05) is 0 Å². The van der Waals surface area contributed by atoms with Gasteiger partial charge in [0.05, 0.1) is 22.5 Å². The summed E-state index contributed by atoms with van der Waals surface area (Å²) >= 11 is 0. The average Bonchev–Trinajstić information content (AvgIpc) is 3.73. The zero-order valence-corrected chi connectivity index (χ0v) is 33.0. The molecule has 0 saturated carbocycles.